The molecule has 0 amide bonds. The summed E-state index contributed by atoms with van der Waals surface area (Å²) in [5.74, 6) is -0.828. The summed E-state index contributed by atoms with van der Waals surface area (Å²) in [6, 6.07) is 0. The summed E-state index contributed by atoms with van der Waals surface area (Å²) in [5, 5.41) is 9.60. The van der Waals surface area contributed by atoms with Crippen LogP contribution >= 0.6 is 12.6 Å². The third-order valence-corrected chi connectivity index (χ3v) is 6.70. The Morgan fingerprint density at radius 1 is 1.42 bits per heavy atom. The van der Waals surface area contributed by atoms with E-state index in [1.54, 1.807) is 0 Å². The van der Waals surface area contributed by atoms with Crippen molar-refractivity contribution < 1.29 is 14.6 Å². The molecule has 0 aliphatic heterocycles. The molecule has 4 nitrogen and oxygen atoms in total. The highest BCUT2D eigenvalue weighted by atomic mass is 32.1. The number of hydrogen-bond acceptors (Lipinski definition) is 4. The van der Waals surface area contributed by atoms with Gasteiger partial charge < -0.3 is 15.5 Å². The van der Waals surface area contributed by atoms with E-state index in [9.17, 15) is 9.90 Å². The maximum atomic E-state index is 11.7. The Morgan fingerprint density at radius 2 is 2.00 bits per heavy atom. The van der Waals surface area contributed by atoms with Crippen LogP contribution in [0.2, 0.25) is 6.32 Å². The van der Waals surface area contributed by atoms with Crippen molar-refractivity contribution >= 4 is 26.1 Å². The normalized spacial score (nSPS) is 31.2. The molecule has 0 saturated heterocycles. The summed E-state index contributed by atoms with van der Waals surface area (Å²) >= 11 is 4.58. The van der Waals surface area contributed by atoms with Gasteiger partial charge in [0.05, 0.1) is 5.60 Å². The molecule has 1 saturated carbocycles. The molecular formula is C18H35BNO3S. The lowest BCUT2D eigenvalue weighted by Gasteiger charge is -2.38. The van der Waals surface area contributed by atoms with Gasteiger partial charge in [-0.05, 0) is 58.3 Å². The van der Waals surface area contributed by atoms with E-state index in [4.69, 9.17) is 10.4 Å². The molecule has 1 rings (SSSR count). The molecule has 0 spiro atoms. The van der Waals surface area contributed by atoms with Crippen LogP contribution in [0.1, 0.15) is 73.6 Å². The summed E-state index contributed by atoms with van der Waals surface area (Å²) < 4.78 is 5.63. The summed E-state index contributed by atoms with van der Waals surface area (Å²) in [7, 11) is 1.84. The van der Waals surface area contributed by atoms with Gasteiger partial charge in [0, 0.05) is 4.75 Å². The van der Waals surface area contributed by atoms with E-state index >= 15 is 0 Å². The van der Waals surface area contributed by atoms with Gasteiger partial charge in [0.25, 0.3) is 7.48 Å². The van der Waals surface area contributed by atoms with Gasteiger partial charge in [-0.1, -0.05) is 33.0 Å². The van der Waals surface area contributed by atoms with Crippen LogP contribution in [0.4, 0.5) is 0 Å². The molecule has 1 aliphatic rings. The van der Waals surface area contributed by atoms with Gasteiger partial charge in [-0.25, -0.2) is 0 Å². The first-order valence-electron chi connectivity index (χ1n) is 9.01. The average Bonchev–Trinajstić information content (AvgIpc) is 2.70. The van der Waals surface area contributed by atoms with Crippen LogP contribution in [0.15, 0.2) is 0 Å². The number of thiol groups is 1. The van der Waals surface area contributed by atoms with Gasteiger partial charge >= 0.3 is 5.97 Å². The van der Waals surface area contributed by atoms with E-state index in [1.807, 2.05) is 35.2 Å². The second-order valence-electron chi connectivity index (χ2n) is 8.87. The molecule has 3 atom stereocenters. The molecule has 6 heteroatoms. The maximum Gasteiger partial charge on any atom is 0.323 e. The SMILES string of the molecule is CCC1(C)CC(CCC[B]OC(C)(C)C(C)(C)S)C(N)(C(=O)O)C1. The van der Waals surface area contributed by atoms with Crippen molar-refractivity contribution in [3.05, 3.63) is 0 Å². The lowest BCUT2D eigenvalue weighted by molar-refractivity contribution is -0.145. The fourth-order valence-electron chi connectivity index (χ4n) is 3.44. The first-order valence-corrected chi connectivity index (χ1v) is 9.46. The number of aliphatic carboxylic acids is 1. The molecule has 0 aromatic heterocycles. The van der Waals surface area contributed by atoms with Gasteiger partial charge in [-0.2, -0.15) is 12.6 Å². The molecule has 3 unspecified atom stereocenters. The first kappa shape index (κ1) is 21.8. The van der Waals surface area contributed by atoms with Crippen molar-refractivity contribution in [3.63, 3.8) is 0 Å². The van der Waals surface area contributed by atoms with Crippen LogP contribution in [0.25, 0.3) is 0 Å². The van der Waals surface area contributed by atoms with E-state index < -0.39 is 11.5 Å². The molecule has 0 bridgehead atoms. The van der Waals surface area contributed by atoms with Crippen LogP contribution in [-0.4, -0.2) is 34.4 Å². The Hall–Kier alpha value is -0.195. The van der Waals surface area contributed by atoms with Gasteiger partial charge in [-0.15, -0.1) is 0 Å². The molecule has 1 fully saturated rings. The molecule has 3 N–H and O–H groups in total. The van der Waals surface area contributed by atoms with E-state index in [1.165, 1.54) is 0 Å². The van der Waals surface area contributed by atoms with Crippen molar-refractivity contribution in [3.8, 4) is 0 Å². The minimum Gasteiger partial charge on any atom is -0.480 e. The third-order valence-electron chi connectivity index (χ3n) is 6.16. The van der Waals surface area contributed by atoms with E-state index in [0.717, 1.165) is 32.0 Å². The number of rotatable bonds is 9. The standard InChI is InChI=1S/C18H35BNO3S/c1-7-17(6)11-13(18(20,12-17)14(21)22)9-8-10-19-23-15(2,3)16(4,5)24/h13,24H,7-12,20H2,1-6H3,(H,21,22). The van der Waals surface area contributed by atoms with Gasteiger partial charge in [0.15, 0.2) is 0 Å². The molecule has 0 aromatic rings. The molecule has 139 valence electrons. The number of carbonyl (C=O) groups is 1. The predicted octanol–water partition coefficient (Wildman–Crippen LogP) is 3.92. The summed E-state index contributed by atoms with van der Waals surface area (Å²) in [5.41, 5.74) is 4.88. The van der Waals surface area contributed by atoms with E-state index in [0.29, 0.717) is 6.42 Å². The third kappa shape index (κ3) is 4.92. The van der Waals surface area contributed by atoms with Crippen molar-refractivity contribution in [1.29, 1.82) is 0 Å². The number of hydrogen-bond donors (Lipinski definition) is 3. The summed E-state index contributed by atoms with van der Waals surface area (Å²) in [4.78, 5) is 11.7. The average molecular weight is 356 g/mol. The van der Waals surface area contributed by atoms with Crippen molar-refractivity contribution in [2.75, 3.05) is 0 Å². The Morgan fingerprint density at radius 3 is 2.46 bits per heavy atom. The van der Waals surface area contributed by atoms with Crippen LogP contribution in [-0.2, 0) is 9.45 Å². The maximum absolute atomic E-state index is 11.7. The quantitative estimate of drug-likeness (QED) is 0.333. The van der Waals surface area contributed by atoms with Crippen molar-refractivity contribution in [2.24, 2.45) is 17.1 Å². The fraction of sp³-hybridized carbons (Fsp3) is 0.944. The first-order chi connectivity index (χ1) is 10.8. The lowest BCUT2D eigenvalue weighted by atomic mass is 9.80. The van der Waals surface area contributed by atoms with Gasteiger partial charge in [0.1, 0.15) is 5.54 Å². The topological polar surface area (TPSA) is 72.5 Å². The minimum atomic E-state index is -1.09. The zero-order chi connectivity index (χ0) is 18.8. The smallest absolute Gasteiger partial charge is 0.323 e. The van der Waals surface area contributed by atoms with Crippen molar-refractivity contribution in [2.45, 2.75) is 95.9 Å². The van der Waals surface area contributed by atoms with Crippen LogP contribution < -0.4 is 5.73 Å². The van der Waals surface area contributed by atoms with Gasteiger partial charge in [-0.3, -0.25) is 4.79 Å². The second-order valence-corrected chi connectivity index (χ2v) is 9.99. The highest BCUT2D eigenvalue weighted by Crippen LogP contribution is 2.50. The number of nitrogens with two attached hydrogens (primary N) is 1. The zero-order valence-electron chi connectivity index (χ0n) is 16.2. The molecule has 1 aliphatic carbocycles. The highest BCUT2D eigenvalue weighted by Gasteiger charge is 2.53. The summed E-state index contributed by atoms with van der Waals surface area (Å²) in [6.07, 6.45) is 4.93. The Bertz CT molecular complexity index is 452. The minimum absolute atomic E-state index is 0.0303. The Kier molecular flexibility index (Phi) is 6.91. The molecule has 0 heterocycles. The van der Waals surface area contributed by atoms with Gasteiger partial charge in [0.2, 0.25) is 0 Å². The van der Waals surface area contributed by atoms with Crippen LogP contribution in [0.5, 0.6) is 0 Å². The van der Waals surface area contributed by atoms with Crippen LogP contribution in [0.3, 0.4) is 0 Å². The summed E-state index contributed by atoms with van der Waals surface area (Å²) in [6.45, 7) is 12.4. The Labute approximate surface area is 154 Å². The monoisotopic (exact) mass is 356 g/mol. The zero-order valence-corrected chi connectivity index (χ0v) is 17.1. The van der Waals surface area contributed by atoms with Crippen molar-refractivity contribution in [1.82, 2.24) is 0 Å². The highest BCUT2D eigenvalue weighted by molar-refractivity contribution is 7.81. The number of carboxylic acids is 1. The second kappa shape index (κ2) is 7.59. The fourth-order valence-corrected chi connectivity index (χ4v) is 3.49. The molecule has 0 aromatic carbocycles. The largest absolute Gasteiger partial charge is 0.480 e. The molecule has 1 radical (unpaired) electrons. The van der Waals surface area contributed by atoms with E-state index in [-0.39, 0.29) is 21.7 Å². The molecule has 24 heavy (non-hydrogen) atoms. The number of carboxylic acid groups (broad SMARTS) is 1. The Balaban J connectivity index is 2.51. The molecular weight excluding hydrogens is 321 g/mol. The lowest BCUT2D eigenvalue weighted by Crippen LogP contribution is -2.51. The van der Waals surface area contributed by atoms with Crippen LogP contribution in [0, 0.1) is 11.3 Å². The van der Waals surface area contributed by atoms with E-state index in [2.05, 4.69) is 26.5 Å². The predicted molar refractivity (Wildman–Crippen MR) is 104 cm³/mol.